The first kappa shape index (κ1) is 17.0. The third kappa shape index (κ3) is 7.81. The summed E-state index contributed by atoms with van der Waals surface area (Å²) in [6.07, 6.45) is 3.82. The van der Waals surface area contributed by atoms with Crippen LogP contribution in [-0.4, -0.2) is 13.2 Å². The number of rotatable bonds is 9. The number of hydrogen-bond donors (Lipinski definition) is 0. The molecule has 0 aromatic carbocycles. The fourth-order valence-electron chi connectivity index (χ4n) is 2.84. The van der Waals surface area contributed by atoms with Gasteiger partial charge in [-0.05, 0) is 42.4 Å². The topological polar surface area (TPSA) is 9.23 Å². The predicted octanol–water partition coefficient (Wildman–Crippen LogP) is 5.15. The zero-order valence-electron chi connectivity index (χ0n) is 13.2. The molecule has 1 nitrogen and oxygen atoms in total. The van der Waals surface area contributed by atoms with Gasteiger partial charge in [0.05, 0.1) is 6.61 Å². The second kappa shape index (κ2) is 8.13. The summed E-state index contributed by atoms with van der Waals surface area (Å²) in [6, 6.07) is 0. The predicted molar refractivity (Wildman–Crippen MR) is 77.3 cm³/mol. The van der Waals surface area contributed by atoms with Crippen molar-refractivity contribution in [3.05, 3.63) is 0 Å². The van der Waals surface area contributed by atoms with E-state index in [1.165, 1.54) is 19.3 Å². The highest BCUT2D eigenvalue weighted by molar-refractivity contribution is 4.80. The maximum absolute atomic E-state index is 5.95. The second-order valence-corrected chi connectivity index (χ2v) is 6.96. The average Bonchev–Trinajstić information content (AvgIpc) is 2.14. The first-order chi connectivity index (χ1) is 7.81. The second-order valence-electron chi connectivity index (χ2n) is 6.96. The van der Waals surface area contributed by atoms with Gasteiger partial charge < -0.3 is 4.74 Å². The fraction of sp³-hybridized carbons (Fsp3) is 1.00. The summed E-state index contributed by atoms with van der Waals surface area (Å²) in [4.78, 5) is 0. The van der Waals surface area contributed by atoms with Gasteiger partial charge in [-0.25, -0.2) is 0 Å². The van der Waals surface area contributed by atoms with E-state index in [-0.39, 0.29) is 0 Å². The molecule has 0 aromatic heterocycles. The Morgan fingerprint density at radius 1 is 0.824 bits per heavy atom. The van der Waals surface area contributed by atoms with Crippen molar-refractivity contribution in [1.82, 2.24) is 0 Å². The Labute approximate surface area is 109 Å². The molecule has 0 unspecified atom stereocenters. The molecule has 0 aliphatic heterocycles. The molecule has 0 saturated carbocycles. The van der Waals surface area contributed by atoms with Crippen molar-refractivity contribution in [3.8, 4) is 0 Å². The van der Waals surface area contributed by atoms with Gasteiger partial charge in [0.15, 0.2) is 0 Å². The maximum atomic E-state index is 5.95. The molecule has 0 saturated heterocycles. The van der Waals surface area contributed by atoms with Crippen LogP contribution < -0.4 is 0 Å². The molecule has 0 aliphatic carbocycles. The highest BCUT2D eigenvalue weighted by Crippen LogP contribution is 2.37. The summed E-state index contributed by atoms with van der Waals surface area (Å²) in [6.45, 7) is 17.9. The Balaban J connectivity index is 4.44. The van der Waals surface area contributed by atoms with Gasteiger partial charge in [-0.15, -0.1) is 0 Å². The molecule has 0 rings (SSSR count). The van der Waals surface area contributed by atoms with Gasteiger partial charge in [-0.1, -0.05) is 48.5 Å². The van der Waals surface area contributed by atoms with E-state index in [4.69, 9.17) is 4.74 Å². The van der Waals surface area contributed by atoms with Crippen LogP contribution >= 0.6 is 0 Å². The summed E-state index contributed by atoms with van der Waals surface area (Å²) in [7, 11) is 0. The van der Waals surface area contributed by atoms with Gasteiger partial charge in [-0.3, -0.25) is 0 Å². The van der Waals surface area contributed by atoms with Crippen molar-refractivity contribution in [2.75, 3.05) is 13.2 Å². The fourth-order valence-corrected chi connectivity index (χ4v) is 2.84. The molecule has 0 N–H and O–H groups in total. The Kier molecular flexibility index (Phi) is 8.11. The highest BCUT2D eigenvalue weighted by atomic mass is 16.5. The molecule has 17 heavy (non-hydrogen) atoms. The molecule has 0 spiro atoms. The monoisotopic (exact) mass is 242 g/mol. The standard InChI is InChI=1S/C16H34O/c1-8-16(9-13(2)3,10-14(4)5)12-17-11-15(6)7/h13-15H,8-12H2,1-7H3. The van der Waals surface area contributed by atoms with Gasteiger partial charge >= 0.3 is 0 Å². The molecule has 0 bridgehead atoms. The SMILES string of the molecule is CCC(COCC(C)C)(CC(C)C)CC(C)C. The molecule has 1 heteroatoms. The van der Waals surface area contributed by atoms with Crippen molar-refractivity contribution >= 4 is 0 Å². The van der Waals surface area contributed by atoms with Crippen LogP contribution in [0.1, 0.15) is 67.7 Å². The van der Waals surface area contributed by atoms with Gasteiger partial charge in [0.2, 0.25) is 0 Å². The van der Waals surface area contributed by atoms with Gasteiger partial charge in [0.1, 0.15) is 0 Å². The van der Waals surface area contributed by atoms with E-state index in [1.807, 2.05) is 0 Å². The quantitative estimate of drug-likeness (QED) is 0.543. The molecular formula is C16H34O. The zero-order valence-corrected chi connectivity index (χ0v) is 13.2. The minimum Gasteiger partial charge on any atom is -0.381 e. The minimum atomic E-state index is 0.400. The van der Waals surface area contributed by atoms with E-state index in [9.17, 15) is 0 Å². The van der Waals surface area contributed by atoms with Gasteiger partial charge in [0.25, 0.3) is 0 Å². The van der Waals surface area contributed by atoms with Gasteiger partial charge in [0, 0.05) is 6.61 Å². The molecule has 0 heterocycles. The zero-order chi connectivity index (χ0) is 13.5. The average molecular weight is 242 g/mol. The van der Waals surface area contributed by atoms with Crippen LogP contribution in [0.3, 0.4) is 0 Å². The van der Waals surface area contributed by atoms with Crippen molar-refractivity contribution in [2.45, 2.75) is 67.7 Å². The molecule has 0 amide bonds. The lowest BCUT2D eigenvalue weighted by Gasteiger charge is -2.36. The van der Waals surface area contributed by atoms with Gasteiger partial charge in [-0.2, -0.15) is 0 Å². The van der Waals surface area contributed by atoms with Crippen molar-refractivity contribution in [1.29, 1.82) is 0 Å². The smallest absolute Gasteiger partial charge is 0.0522 e. The van der Waals surface area contributed by atoms with Crippen LogP contribution in [0.15, 0.2) is 0 Å². The van der Waals surface area contributed by atoms with E-state index < -0.39 is 0 Å². The summed E-state index contributed by atoms with van der Waals surface area (Å²) in [5, 5.41) is 0. The van der Waals surface area contributed by atoms with Crippen LogP contribution in [0, 0.1) is 23.2 Å². The van der Waals surface area contributed by atoms with Crippen molar-refractivity contribution in [2.24, 2.45) is 23.2 Å². The van der Waals surface area contributed by atoms with Crippen LogP contribution in [0.25, 0.3) is 0 Å². The van der Waals surface area contributed by atoms with E-state index in [0.29, 0.717) is 11.3 Å². The molecule has 0 aromatic rings. The Morgan fingerprint density at radius 2 is 1.29 bits per heavy atom. The Bertz CT molecular complexity index is 172. The van der Waals surface area contributed by atoms with E-state index in [0.717, 1.165) is 25.0 Å². The molecular weight excluding hydrogens is 208 g/mol. The largest absolute Gasteiger partial charge is 0.381 e. The summed E-state index contributed by atoms with van der Waals surface area (Å²) < 4.78 is 5.95. The minimum absolute atomic E-state index is 0.400. The lowest BCUT2D eigenvalue weighted by molar-refractivity contribution is 0.00433. The summed E-state index contributed by atoms with van der Waals surface area (Å²) in [5.74, 6) is 2.16. The maximum Gasteiger partial charge on any atom is 0.0522 e. The van der Waals surface area contributed by atoms with E-state index in [1.54, 1.807) is 0 Å². The lowest BCUT2D eigenvalue weighted by atomic mass is 9.73. The lowest BCUT2D eigenvalue weighted by Crippen LogP contribution is -2.30. The highest BCUT2D eigenvalue weighted by Gasteiger charge is 2.30. The van der Waals surface area contributed by atoms with E-state index >= 15 is 0 Å². The Morgan fingerprint density at radius 3 is 1.59 bits per heavy atom. The van der Waals surface area contributed by atoms with Crippen LogP contribution in [-0.2, 0) is 4.74 Å². The third-order valence-corrected chi connectivity index (χ3v) is 3.29. The Hall–Kier alpha value is -0.0400. The van der Waals surface area contributed by atoms with E-state index in [2.05, 4.69) is 48.5 Å². The van der Waals surface area contributed by atoms with Crippen LogP contribution in [0.5, 0.6) is 0 Å². The normalized spacial score (nSPS) is 13.1. The number of ether oxygens (including phenoxy) is 1. The molecule has 0 aliphatic rings. The van der Waals surface area contributed by atoms with Crippen molar-refractivity contribution in [3.63, 3.8) is 0 Å². The molecule has 0 atom stereocenters. The summed E-state index contributed by atoms with van der Waals surface area (Å²) >= 11 is 0. The van der Waals surface area contributed by atoms with Crippen molar-refractivity contribution < 1.29 is 4.74 Å². The molecule has 0 fully saturated rings. The molecule has 0 radical (unpaired) electrons. The summed E-state index contributed by atoms with van der Waals surface area (Å²) in [5.41, 5.74) is 0.400. The third-order valence-electron chi connectivity index (χ3n) is 3.29. The van der Waals surface area contributed by atoms with Crippen LogP contribution in [0.2, 0.25) is 0 Å². The first-order valence-electron chi connectivity index (χ1n) is 7.39. The molecule has 104 valence electrons. The number of hydrogen-bond acceptors (Lipinski definition) is 1. The van der Waals surface area contributed by atoms with Crippen LogP contribution in [0.4, 0.5) is 0 Å². The first-order valence-corrected chi connectivity index (χ1v) is 7.39.